The minimum atomic E-state index is -0.426. The number of carbonyl (C=O) groups excluding carboxylic acids is 1. The van der Waals surface area contributed by atoms with Crippen molar-refractivity contribution in [1.82, 2.24) is 0 Å². The Morgan fingerprint density at radius 3 is 2.83 bits per heavy atom. The van der Waals surface area contributed by atoms with Gasteiger partial charge in [0.25, 0.3) is 5.91 Å². The Hall–Kier alpha value is -1.86. The molecule has 5 heteroatoms. The van der Waals surface area contributed by atoms with E-state index in [0.29, 0.717) is 16.4 Å². The van der Waals surface area contributed by atoms with E-state index in [4.69, 9.17) is 16.9 Å². The Labute approximate surface area is 110 Å². The number of hydrogen-bond acceptors (Lipinski definition) is 3. The number of rotatable bonds is 2. The number of benzene rings is 1. The molecule has 1 aliphatic heterocycles. The zero-order valence-electron chi connectivity index (χ0n) is 10.1. The van der Waals surface area contributed by atoms with Gasteiger partial charge in [-0.1, -0.05) is 11.6 Å². The summed E-state index contributed by atoms with van der Waals surface area (Å²) in [6, 6.07) is 7.29. The molecule has 1 amide bonds. The lowest BCUT2D eigenvalue weighted by molar-refractivity contribution is -0.119. The van der Waals surface area contributed by atoms with E-state index in [1.54, 1.807) is 25.1 Å². The first-order valence-corrected chi connectivity index (χ1v) is 5.94. The van der Waals surface area contributed by atoms with E-state index in [9.17, 15) is 4.79 Å². The molecule has 92 valence electrons. The molecule has 0 aromatic heterocycles. The number of nitriles is 1. The first-order chi connectivity index (χ1) is 8.54. The Balaban J connectivity index is 2.36. The van der Waals surface area contributed by atoms with E-state index in [0.717, 1.165) is 5.56 Å². The molecular formula is C13H12ClN3O. The lowest BCUT2D eigenvalue weighted by Crippen LogP contribution is -2.27. The molecule has 1 aromatic rings. The number of aryl methyl sites for hydroxylation is 1. The van der Waals surface area contributed by atoms with Gasteiger partial charge in [0.1, 0.15) is 0 Å². The maximum absolute atomic E-state index is 12.2. The number of carbonyl (C=O) groups is 1. The summed E-state index contributed by atoms with van der Waals surface area (Å²) in [4.78, 5) is 12.2. The van der Waals surface area contributed by atoms with Crippen molar-refractivity contribution >= 4 is 28.9 Å². The SMILES string of the molecule is CC1=NN(c2ccc(Cl)cc2C)C(=O)C1CC#N. The molecule has 0 bridgehead atoms. The summed E-state index contributed by atoms with van der Waals surface area (Å²) in [6.45, 7) is 3.64. The van der Waals surface area contributed by atoms with Gasteiger partial charge in [-0.3, -0.25) is 4.79 Å². The Bertz CT molecular complexity index is 574. The van der Waals surface area contributed by atoms with E-state index < -0.39 is 5.92 Å². The van der Waals surface area contributed by atoms with Gasteiger partial charge >= 0.3 is 0 Å². The molecule has 0 radical (unpaired) electrons. The second kappa shape index (κ2) is 4.79. The van der Waals surface area contributed by atoms with Crippen LogP contribution in [0.1, 0.15) is 18.9 Å². The summed E-state index contributed by atoms with van der Waals surface area (Å²) in [6.07, 6.45) is 0.164. The van der Waals surface area contributed by atoms with Crippen molar-refractivity contribution < 1.29 is 4.79 Å². The zero-order valence-corrected chi connectivity index (χ0v) is 10.9. The highest BCUT2D eigenvalue weighted by atomic mass is 35.5. The molecule has 18 heavy (non-hydrogen) atoms. The standard InChI is InChI=1S/C13H12ClN3O/c1-8-7-10(14)3-4-12(8)17-13(18)11(5-6-15)9(2)16-17/h3-4,7,11H,5H2,1-2H3. The summed E-state index contributed by atoms with van der Waals surface area (Å²) >= 11 is 5.88. The molecule has 0 fully saturated rings. The summed E-state index contributed by atoms with van der Waals surface area (Å²) in [7, 11) is 0. The maximum atomic E-state index is 12.2. The molecule has 2 rings (SSSR count). The quantitative estimate of drug-likeness (QED) is 0.822. The lowest BCUT2D eigenvalue weighted by Gasteiger charge is -2.15. The topological polar surface area (TPSA) is 56.5 Å². The van der Waals surface area contributed by atoms with E-state index in [1.807, 2.05) is 13.0 Å². The highest BCUT2D eigenvalue weighted by Crippen LogP contribution is 2.29. The molecule has 0 saturated carbocycles. The second-order valence-corrected chi connectivity index (χ2v) is 4.67. The predicted octanol–water partition coefficient (Wildman–Crippen LogP) is 2.90. The summed E-state index contributed by atoms with van der Waals surface area (Å²) in [5, 5.41) is 14.9. The molecule has 0 N–H and O–H groups in total. The molecule has 0 spiro atoms. The molecule has 1 heterocycles. The van der Waals surface area contributed by atoms with Crippen molar-refractivity contribution in [2.75, 3.05) is 5.01 Å². The number of halogens is 1. The zero-order chi connectivity index (χ0) is 13.3. The van der Waals surface area contributed by atoms with Crippen molar-refractivity contribution in [2.24, 2.45) is 11.0 Å². The van der Waals surface area contributed by atoms with Crippen LogP contribution in [-0.2, 0) is 4.79 Å². The van der Waals surface area contributed by atoms with Gasteiger partial charge in [0, 0.05) is 10.7 Å². The second-order valence-electron chi connectivity index (χ2n) is 4.24. The minimum Gasteiger partial charge on any atom is -0.272 e. The number of hydrazone groups is 1. The maximum Gasteiger partial charge on any atom is 0.257 e. The number of nitrogens with zero attached hydrogens (tertiary/aromatic N) is 3. The van der Waals surface area contributed by atoms with Crippen LogP contribution in [0.5, 0.6) is 0 Å². The van der Waals surface area contributed by atoms with Crippen LogP contribution in [0.25, 0.3) is 0 Å². The van der Waals surface area contributed by atoms with Crippen molar-refractivity contribution in [3.63, 3.8) is 0 Å². The van der Waals surface area contributed by atoms with Gasteiger partial charge < -0.3 is 0 Å². The smallest absolute Gasteiger partial charge is 0.257 e. The van der Waals surface area contributed by atoms with Crippen LogP contribution < -0.4 is 5.01 Å². The van der Waals surface area contributed by atoms with E-state index >= 15 is 0 Å². The molecule has 1 unspecified atom stereocenters. The van der Waals surface area contributed by atoms with Gasteiger partial charge in [-0.05, 0) is 37.6 Å². The van der Waals surface area contributed by atoms with Gasteiger partial charge in [-0.2, -0.15) is 15.4 Å². The lowest BCUT2D eigenvalue weighted by atomic mass is 10.0. The van der Waals surface area contributed by atoms with Gasteiger partial charge in [-0.15, -0.1) is 0 Å². The molecule has 0 saturated heterocycles. The van der Waals surface area contributed by atoms with Crippen molar-refractivity contribution in [2.45, 2.75) is 20.3 Å². The summed E-state index contributed by atoms with van der Waals surface area (Å²) in [5.41, 5.74) is 2.27. The fourth-order valence-electron chi connectivity index (χ4n) is 1.96. The fraction of sp³-hybridized carbons (Fsp3) is 0.308. The first kappa shape index (κ1) is 12.6. The Morgan fingerprint density at radius 1 is 1.50 bits per heavy atom. The highest BCUT2D eigenvalue weighted by Gasteiger charge is 2.34. The largest absolute Gasteiger partial charge is 0.272 e. The Morgan fingerprint density at radius 2 is 2.22 bits per heavy atom. The van der Waals surface area contributed by atoms with Crippen molar-refractivity contribution in [3.8, 4) is 6.07 Å². The molecule has 1 aliphatic rings. The number of anilines is 1. The fourth-order valence-corrected chi connectivity index (χ4v) is 2.19. The van der Waals surface area contributed by atoms with E-state index in [-0.39, 0.29) is 12.3 Å². The van der Waals surface area contributed by atoms with Crippen LogP contribution >= 0.6 is 11.6 Å². The monoisotopic (exact) mass is 261 g/mol. The van der Waals surface area contributed by atoms with Crippen LogP contribution in [0, 0.1) is 24.2 Å². The van der Waals surface area contributed by atoms with Gasteiger partial charge in [-0.25, -0.2) is 0 Å². The number of amides is 1. The van der Waals surface area contributed by atoms with Crippen LogP contribution in [-0.4, -0.2) is 11.6 Å². The van der Waals surface area contributed by atoms with Crippen LogP contribution in [0.15, 0.2) is 23.3 Å². The normalized spacial score (nSPS) is 18.8. The van der Waals surface area contributed by atoms with Gasteiger partial charge in [0.15, 0.2) is 0 Å². The minimum absolute atomic E-state index is 0.153. The average molecular weight is 262 g/mol. The molecule has 4 nitrogen and oxygen atoms in total. The summed E-state index contributed by atoms with van der Waals surface area (Å²) in [5.74, 6) is -0.579. The van der Waals surface area contributed by atoms with E-state index in [2.05, 4.69) is 5.10 Å². The van der Waals surface area contributed by atoms with Gasteiger partial charge in [0.2, 0.25) is 0 Å². The first-order valence-electron chi connectivity index (χ1n) is 5.56. The highest BCUT2D eigenvalue weighted by molar-refractivity contribution is 6.30. The van der Waals surface area contributed by atoms with Gasteiger partial charge in [0.05, 0.1) is 24.1 Å². The third-order valence-corrected chi connectivity index (χ3v) is 3.19. The predicted molar refractivity (Wildman–Crippen MR) is 70.5 cm³/mol. The summed E-state index contributed by atoms with van der Waals surface area (Å²) < 4.78 is 0. The Kier molecular flexibility index (Phi) is 3.35. The van der Waals surface area contributed by atoms with Crippen molar-refractivity contribution in [3.05, 3.63) is 28.8 Å². The average Bonchev–Trinajstić information content (AvgIpc) is 2.58. The van der Waals surface area contributed by atoms with Crippen LogP contribution in [0.4, 0.5) is 5.69 Å². The molecule has 1 aromatic carbocycles. The molecule has 0 aliphatic carbocycles. The number of hydrogen-bond donors (Lipinski definition) is 0. The molecular weight excluding hydrogens is 250 g/mol. The van der Waals surface area contributed by atoms with Crippen molar-refractivity contribution in [1.29, 1.82) is 5.26 Å². The molecule has 1 atom stereocenters. The van der Waals surface area contributed by atoms with E-state index in [1.165, 1.54) is 5.01 Å². The third-order valence-electron chi connectivity index (χ3n) is 2.95. The van der Waals surface area contributed by atoms with Crippen LogP contribution in [0.3, 0.4) is 0 Å². The third kappa shape index (κ3) is 2.09. The van der Waals surface area contributed by atoms with Crippen LogP contribution in [0.2, 0.25) is 5.02 Å².